The number of hydrogen-bond donors (Lipinski definition) is 0. The minimum atomic E-state index is -0.940. The molecule has 7 rings (SSSR count). The number of likely N-dealkylation sites (tertiary alicyclic amines) is 1. The van der Waals surface area contributed by atoms with Gasteiger partial charge in [0, 0.05) is 23.9 Å². The van der Waals surface area contributed by atoms with Crippen LogP contribution in [0.15, 0.2) is 72.9 Å². The maximum Gasteiger partial charge on any atom is 0.269 e. The molecule has 2 saturated heterocycles. The average molecular weight is 524 g/mol. The molecule has 4 aliphatic heterocycles. The number of nitro groups is 1. The highest BCUT2D eigenvalue weighted by Gasteiger charge is 2.64. The number of amides is 2. The molecule has 0 aromatic heterocycles. The van der Waals surface area contributed by atoms with Crippen LogP contribution in [0.1, 0.15) is 33.1 Å². The number of carbonyl (C=O) groups is 3. The lowest BCUT2D eigenvalue weighted by Crippen LogP contribution is -2.44. The van der Waals surface area contributed by atoms with Gasteiger partial charge in [0.1, 0.15) is 6.04 Å². The van der Waals surface area contributed by atoms with Gasteiger partial charge in [0.15, 0.2) is 17.3 Å². The highest BCUT2D eigenvalue weighted by atomic mass is 16.7. The van der Waals surface area contributed by atoms with Crippen molar-refractivity contribution in [3.05, 3.63) is 105 Å². The van der Waals surface area contributed by atoms with Gasteiger partial charge in [0.25, 0.3) is 5.69 Å². The molecule has 3 aromatic rings. The van der Waals surface area contributed by atoms with E-state index in [1.165, 1.54) is 29.2 Å². The molecule has 4 atom stereocenters. The molecule has 3 aromatic carbocycles. The Balaban J connectivity index is 1.28. The topological polar surface area (TPSA) is 119 Å². The highest BCUT2D eigenvalue weighted by Crippen LogP contribution is 2.53. The molecule has 0 radical (unpaired) electrons. The summed E-state index contributed by atoms with van der Waals surface area (Å²) in [7, 11) is 0. The minimum absolute atomic E-state index is 0.0456. The van der Waals surface area contributed by atoms with Crippen LogP contribution >= 0.6 is 0 Å². The van der Waals surface area contributed by atoms with Crippen LogP contribution in [-0.4, -0.2) is 45.2 Å². The fraction of sp³-hybridized carbons (Fsp3) is 0.207. The number of imide groups is 1. The van der Waals surface area contributed by atoms with Crippen LogP contribution < -0.4 is 9.47 Å². The third-order valence-corrected chi connectivity index (χ3v) is 7.96. The van der Waals surface area contributed by atoms with Gasteiger partial charge < -0.3 is 14.4 Å². The van der Waals surface area contributed by atoms with Crippen molar-refractivity contribution in [3.63, 3.8) is 0 Å². The SMILES string of the molecule is O=C(c1ccc([N+](=O)[O-])cc1)[C@H]1[C@H]2C(=O)N(Cc3ccc4c(c3)OCO4)C(=O)[C@@H]2[C@H]2c3ccccc3C=CN21. The molecule has 0 aliphatic carbocycles. The van der Waals surface area contributed by atoms with Crippen molar-refractivity contribution in [1.82, 2.24) is 9.80 Å². The molecule has 2 amide bonds. The van der Waals surface area contributed by atoms with Crippen LogP contribution in [0.2, 0.25) is 0 Å². The largest absolute Gasteiger partial charge is 0.454 e. The number of benzene rings is 3. The summed E-state index contributed by atoms with van der Waals surface area (Å²) in [5.41, 5.74) is 2.62. The second-order valence-electron chi connectivity index (χ2n) is 9.95. The highest BCUT2D eigenvalue weighted by molar-refractivity contribution is 6.12. The fourth-order valence-corrected chi connectivity index (χ4v) is 6.21. The number of ether oxygens (including phenoxy) is 2. The van der Waals surface area contributed by atoms with Crippen LogP contribution in [0.25, 0.3) is 6.08 Å². The van der Waals surface area contributed by atoms with E-state index in [4.69, 9.17) is 9.47 Å². The second kappa shape index (κ2) is 8.52. The maximum absolute atomic E-state index is 13.9. The Morgan fingerprint density at radius 1 is 0.949 bits per heavy atom. The lowest BCUT2D eigenvalue weighted by atomic mass is 9.83. The monoisotopic (exact) mass is 523 g/mol. The van der Waals surface area contributed by atoms with E-state index in [2.05, 4.69) is 0 Å². The van der Waals surface area contributed by atoms with Crippen LogP contribution in [0.5, 0.6) is 11.5 Å². The third kappa shape index (κ3) is 3.44. The summed E-state index contributed by atoms with van der Waals surface area (Å²) in [6.45, 7) is 0.158. The molecular formula is C29H21N3O7. The van der Waals surface area contributed by atoms with Gasteiger partial charge in [-0.3, -0.25) is 29.4 Å². The molecule has 0 bridgehead atoms. The van der Waals surface area contributed by atoms with E-state index in [-0.39, 0.29) is 36.3 Å². The second-order valence-corrected chi connectivity index (χ2v) is 9.95. The Morgan fingerprint density at radius 3 is 2.49 bits per heavy atom. The van der Waals surface area contributed by atoms with Crippen LogP contribution in [0.4, 0.5) is 5.69 Å². The fourth-order valence-electron chi connectivity index (χ4n) is 6.21. The summed E-state index contributed by atoms with van der Waals surface area (Å²) < 4.78 is 10.8. The summed E-state index contributed by atoms with van der Waals surface area (Å²) in [4.78, 5) is 55.4. The van der Waals surface area contributed by atoms with E-state index in [0.29, 0.717) is 17.1 Å². The quantitative estimate of drug-likeness (QED) is 0.215. The zero-order chi connectivity index (χ0) is 26.8. The predicted octanol–water partition coefficient (Wildman–Crippen LogP) is 3.72. The number of carbonyl (C=O) groups excluding carboxylic acids is 3. The molecule has 10 heteroatoms. The summed E-state index contributed by atoms with van der Waals surface area (Å²) in [6, 6.07) is 16.8. The van der Waals surface area contributed by atoms with E-state index in [1.54, 1.807) is 24.4 Å². The number of nitrogens with zero attached hydrogens (tertiary/aromatic N) is 3. The zero-order valence-electron chi connectivity index (χ0n) is 20.4. The van der Waals surface area contributed by atoms with Crippen molar-refractivity contribution in [2.45, 2.75) is 18.6 Å². The summed E-state index contributed by atoms with van der Waals surface area (Å²) in [5.74, 6) is -1.62. The van der Waals surface area contributed by atoms with Gasteiger partial charge in [-0.15, -0.1) is 0 Å². The molecule has 0 spiro atoms. The smallest absolute Gasteiger partial charge is 0.269 e. The lowest BCUT2D eigenvalue weighted by Gasteiger charge is -2.35. The molecule has 0 unspecified atom stereocenters. The first-order valence-electron chi connectivity index (χ1n) is 12.5. The van der Waals surface area contributed by atoms with E-state index >= 15 is 0 Å². The van der Waals surface area contributed by atoms with Crippen molar-refractivity contribution in [1.29, 1.82) is 0 Å². The lowest BCUT2D eigenvalue weighted by molar-refractivity contribution is -0.384. The first-order chi connectivity index (χ1) is 18.9. The Kier molecular flexibility index (Phi) is 5.06. The van der Waals surface area contributed by atoms with E-state index in [1.807, 2.05) is 35.2 Å². The predicted molar refractivity (Wildman–Crippen MR) is 136 cm³/mol. The van der Waals surface area contributed by atoms with Gasteiger partial charge in [-0.2, -0.15) is 0 Å². The van der Waals surface area contributed by atoms with Crippen molar-refractivity contribution in [2.24, 2.45) is 11.8 Å². The van der Waals surface area contributed by atoms with Crippen molar-refractivity contribution in [2.75, 3.05) is 6.79 Å². The van der Waals surface area contributed by atoms with E-state index < -0.39 is 34.7 Å². The third-order valence-electron chi connectivity index (χ3n) is 7.96. The Morgan fingerprint density at radius 2 is 1.69 bits per heavy atom. The summed E-state index contributed by atoms with van der Waals surface area (Å²) >= 11 is 0. The van der Waals surface area contributed by atoms with Gasteiger partial charge in [-0.05, 0) is 47.0 Å². The number of nitro benzene ring substituents is 1. The van der Waals surface area contributed by atoms with Crippen molar-refractivity contribution >= 4 is 29.4 Å². The Labute approximate surface area is 222 Å². The average Bonchev–Trinajstić information content (AvgIpc) is 3.62. The summed E-state index contributed by atoms with van der Waals surface area (Å²) in [5, 5.41) is 11.1. The van der Waals surface area contributed by atoms with Crippen molar-refractivity contribution in [3.8, 4) is 11.5 Å². The first-order valence-corrected chi connectivity index (χ1v) is 12.5. The number of fused-ring (bicyclic) bond motifs is 6. The van der Waals surface area contributed by atoms with Gasteiger partial charge in [0.2, 0.25) is 18.6 Å². The standard InChI is InChI=1S/C29H21N3O7/c33-27(18-6-8-19(9-7-18)32(36)37)26-24-23(25-20-4-2-1-3-17(20)11-12-30(25)26)28(34)31(29(24)35)14-16-5-10-21-22(13-16)39-15-38-21/h1-13,23-26H,14-15H2/t23-,24-,25+,26+/m0/s1. The molecular weight excluding hydrogens is 502 g/mol. The van der Waals surface area contributed by atoms with Crippen molar-refractivity contribution < 1.29 is 28.8 Å². The molecule has 194 valence electrons. The minimum Gasteiger partial charge on any atom is -0.454 e. The van der Waals surface area contributed by atoms with Crippen LogP contribution in [-0.2, 0) is 16.1 Å². The van der Waals surface area contributed by atoms with Gasteiger partial charge in [0.05, 0.1) is 29.3 Å². The van der Waals surface area contributed by atoms with Gasteiger partial charge in [-0.25, -0.2) is 0 Å². The number of hydrogen-bond acceptors (Lipinski definition) is 8. The Bertz CT molecular complexity index is 1600. The number of rotatable bonds is 5. The molecule has 0 N–H and O–H groups in total. The molecule has 2 fully saturated rings. The number of non-ortho nitro benzene ring substituents is 1. The summed E-state index contributed by atoms with van der Waals surface area (Å²) in [6.07, 6.45) is 3.66. The van der Waals surface area contributed by atoms with E-state index in [0.717, 1.165) is 11.1 Å². The molecule has 10 nitrogen and oxygen atoms in total. The molecule has 39 heavy (non-hydrogen) atoms. The molecule has 0 saturated carbocycles. The maximum atomic E-state index is 13.9. The van der Waals surface area contributed by atoms with Gasteiger partial charge >= 0.3 is 0 Å². The van der Waals surface area contributed by atoms with Gasteiger partial charge in [-0.1, -0.05) is 30.3 Å². The number of ketones is 1. The molecule has 4 aliphatic rings. The molecule has 4 heterocycles. The number of Topliss-reactive ketones (excluding diaryl/α,β-unsaturated/α-hetero) is 1. The first kappa shape index (κ1) is 23.2. The normalized spacial score (nSPS) is 24.0. The zero-order valence-corrected chi connectivity index (χ0v) is 20.4. The Hall–Kier alpha value is -4.99. The van der Waals surface area contributed by atoms with Crippen LogP contribution in [0, 0.1) is 22.0 Å². The van der Waals surface area contributed by atoms with E-state index in [9.17, 15) is 24.5 Å². The van der Waals surface area contributed by atoms with Crippen LogP contribution in [0.3, 0.4) is 0 Å².